The molecular formula is C19H22N4S. The van der Waals surface area contributed by atoms with Crippen LogP contribution in [0.2, 0.25) is 0 Å². The number of nitrogens with zero attached hydrogens (tertiary/aromatic N) is 4. The van der Waals surface area contributed by atoms with Gasteiger partial charge in [-0.25, -0.2) is 9.97 Å². The van der Waals surface area contributed by atoms with E-state index in [1.807, 2.05) is 0 Å². The van der Waals surface area contributed by atoms with Gasteiger partial charge in [-0.15, -0.1) is 11.3 Å². The van der Waals surface area contributed by atoms with Crippen LogP contribution >= 0.6 is 11.3 Å². The minimum atomic E-state index is 0.995. The first kappa shape index (κ1) is 15.4. The largest absolute Gasteiger partial charge is 0.368 e. The Labute approximate surface area is 146 Å². The summed E-state index contributed by atoms with van der Waals surface area (Å²) in [5, 5.41) is 3.40. The van der Waals surface area contributed by atoms with E-state index in [4.69, 9.17) is 0 Å². The van der Waals surface area contributed by atoms with Crippen LogP contribution in [0.5, 0.6) is 0 Å². The second-order valence-corrected chi connectivity index (χ2v) is 7.35. The molecule has 3 aromatic rings. The molecule has 0 unspecified atom stereocenters. The van der Waals surface area contributed by atoms with Crippen LogP contribution in [-0.2, 0) is 0 Å². The maximum absolute atomic E-state index is 4.60. The van der Waals surface area contributed by atoms with E-state index < -0.39 is 0 Å². The van der Waals surface area contributed by atoms with Crippen LogP contribution in [0.4, 0.5) is 11.5 Å². The average molecular weight is 338 g/mol. The first-order valence-electron chi connectivity index (χ1n) is 8.40. The van der Waals surface area contributed by atoms with Gasteiger partial charge in [0.15, 0.2) is 0 Å². The fourth-order valence-corrected chi connectivity index (χ4v) is 4.36. The van der Waals surface area contributed by atoms with Gasteiger partial charge in [-0.05, 0) is 48.9 Å². The van der Waals surface area contributed by atoms with Gasteiger partial charge in [0.05, 0.1) is 5.39 Å². The standard InChI is InChI=1S/C19H22N4S/c1-13-5-4-6-16(15(13)3)22-7-9-23(10-8-22)18-17-14(2)11-24-19(17)21-12-20-18/h4-6,11-12H,7-10H2,1-3H3. The van der Waals surface area contributed by atoms with Crippen LogP contribution in [0.25, 0.3) is 10.2 Å². The molecule has 124 valence electrons. The summed E-state index contributed by atoms with van der Waals surface area (Å²) in [6.45, 7) is 10.6. The van der Waals surface area contributed by atoms with Gasteiger partial charge < -0.3 is 9.80 Å². The van der Waals surface area contributed by atoms with Crippen molar-refractivity contribution in [3.05, 3.63) is 46.6 Å². The fourth-order valence-electron chi connectivity index (χ4n) is 3.48. The number of thiophene rings is 1. The maximum atomic E-state index is 4.60. The molecule has 2 aromatic heterocycles. The lowest BCUT2D eigenvalue weighted by atomic mass is 10.1. The minimum Gasteiger partial charge on any atom is -0.368 e. The van der Waals surface area contributed by atoms with Crippen molar-refractivity contribution in [1.29, 1.82) is 0 Å². The molecule has 0 spiro atoms. The molecule has 0 amide bonds. The second kappa shape index (κ2) is 6.06. The van der Waals surface area contributed by atoms with Crippen LogP contribution < -0.4 is 9.80 Å². The minimum absolute atomic E-state index is 0.995. The second-order valence-electron chi connectivity index (χ2n) is 6.49. The third-order valence-electron chi connectivity index (χ3n) is 5.03. The first-order valence-corrected chi connectivity index (χ1v) is 9.28. The number of piperazine rings is 1. The number of hydrogen-bond acceptors (Lipinski definition) is 5. The van der Waals surface area contributed by atoms with Crippen molar-refractivity contribution in [3.8, 4) is 0 Å². The topological polar surface area (TPSA) is 32.3 Å². The normalized spacial score (nSPS) is 15.3. The fraction of sp³-hybridized carbons (Fsp3) is 0.368. The monoisotopic (exact) mass is 338 g/mol. The van der Waals surface area contributed by atoms with Crippen molar-refractivity contribution in [2.45, 2.75) is 20.8 Å². The van der Waals surface area contributed by atoms with Crippen molar-refractivity contribution >= 4 is 33.1 Å². The lowest BCUT2D eigenvalue weighted by molar-refractivity contribution is 0.647. The van der Waals surface area contributed by atoms with Gasteiger partial charge in [-0.1, -0.05) is 12.1 Å². The Kier molecular flexibility index (Phi) is 3.88. The van der Waals surface area contributed by atoms with Crippen molar-refractivity contribution in [2.75, 3.05) is 36.0 Å². The molecule has 1 aliphatic rings. The third kappa shape index (κ3) is 2.53. The molecule has 1 saturated heterocycles. The number of fused-ring (bicyclic) bond motifs is 1. The summed E-state index contributed by atoms with van der Waals surface area (Å²) >= 11 is 1.70. The molecule has 0 radical (unpaired) electrons. The van der Waals surface area contributed by atoms with E-state index in [2.05, 4.69) is 64.1 Å². The third-order valence-corrected chi connectivity index (χ3v) is 6.03. The Morgan fingerprint density at radius 2 is 1.67 bits per heavy atom. The summed E-state index contributed by atoms with van der Waals surface area (Å²) in [4.78, 5) is 15.0. The number of rotatable bonds is 2. The highest BCUT2D eigenvalue weighted by molar-refractivity contribution is 7.17. The zero-order chi connectivity index (χ0) is 16.7. The lowest BCUT2D eigenvalue weighted by Gasteiger charge is -2.37. The Hall–Kier alpha value is -2.14. The van der Waals surface area contributed by atoms with Crippen molar-refractivity contribution < 1.29 is 0 Å². The summed E-state index contributed by atoms with van der Waals surface area (Å²) in [5.74, 6) is 1.10. The van der Waals surface area contributed by atoms with Crippen LogP contribution in [0.1, 0.15) is 16.7 Å². The van der Waals surface area contributed by atoms with Gasteiger partial charge in [0.1, 0.15) is 17.0 Å². The van der Waals surface area contributed by atoms with Crippen LogP contribution in [0, 0.1) is 20.8 Å². The van der Waals surface area contributed by atoms with Gasteiger partial charge in [-0.3, -0.25) is 0 Å². The van der Waals surface area contributed by atoms with Gasteiger partial charge in [0, 0.05) is 31.9 Å². The summed E-state index contributed by atoms with van der Waals surface area (Å²) in [7, 11) is 0. The van der Waals surface area contributed by atoms with E-state index in [1.165, 1.54) is 27.8 Å². The van der Waals surface area contributed by atoms with E-state index >= 15 is 0 Å². The SMILES string of the molecule is Cc1cccc(N2CCN(c3ncnc4scc(C)c34)CC2)c1C. The number of aryl methyl sites for hydroxylation is 2. The number of hydrogen-bond donors (Lipinski definition) is 0. The van der Waals surface area contributed by atoms with Crippen LogP contribution in [-0.4, -0.2) is 36.1 Å². The number of anilines is 2. The summed E-state index contributed by atoms with van der Waals surface area (Å²) in [5.41, 5.74) is 5.40. The summed E-state index contributed by atoms with van der Waals surface area (Å²) in [6, 6.07) is 6.59. The highest BCUT2D eigenvalue weighted by Crippen LogP contribution is 2.32. The molecule has 0 N–H and O–H groups in total. The van der Waals surface area contributed by atoms with Crippen molar-refractivity contribution in [1.82, 2.24) is 9.97 Å². The Morgan fingerprint density at radius 3 is 2.46 bits per heavy atom. The Balaban J connectivity index is 1.58. The predicted molar refractivity (Wildman–Crippen MR) is 102 cm³/mol. The quantitative estimate of drug-likeness (QED) is 0.708. The first-order chi connectivity index (χ1) is 11.6. The smallest absolute Gasteiger partial charge is 0.141 e. The molecule has 0 atom stereocenters. The zero-order valence-electron chi connectivity index (χ0n) is 14.4. The maximum Gasteiger partial charge on any atom is 0.141 e. The van der Waals surface area contributed by atoms with Crippen molar-refractivity contribution in [2.24, 2.45) is 0 Å². The predicted octanol–water partition coefficient (Wildman–Crippen LogP) is 3.94. The molecule has 3 heterocycles. The van der Waals surface area contributed by atoms with Gasteiger partial charge in [-0.2, -0.15) is 0 Å². The molecule has 0 bridgehead atoms. The Bertz CT molecular complexity index is 878. The van der Waals surface area contributed by atoms with E-state index in [0.29, 0.717) is 0 Å². The molecular weight excluding hydrogens is 316 g/mol. The molecule has 24 heavy (non-hydrogen) atoms. The van der Waals surface area contributed by atoms with E-state index in [1.54, 1.807) is 17.7 Å². The highest BCUT2D eigenvalue weighted by Gasteiger charge is 2.22. The van der Waals surface area contributed by atoms with E-state index in [9.17, 15) is 0 Å². The summed E-state index contributed by atoms with van der Waals surface area (Å²) in [6.07, 6.45) is 1.70. The van der Waals surface area contributed by atoms with Gasteiger partial charge in [0.2, 0.25) is 0 Å². The molecule has 1 fully saturated rings. The molecule has 5 heteroatoms. The summed E-state index contributed by atoms with van der Waals surface area (Å²) < 4.78 is 0. The average Bonchev–Trinajstić information content (AvgIpc) is 2.99. The Morgan fingerprint density at radius 1 is 0.917 bits per heavy atom. The van der Waals surface area contributed by atoms with Crippen molar-refractivity contribution in [3.63, 3.8) is 0 Å². The van der Waals surface area contributed by atoms with E-state index in [0.717, 1.165) is 36.8 Å². The molecule has 0 saturated carbocycles. The number of aromatic nitrogens is 2. The molecule has 4 rings (SSSR count). The molecule has 1 aromatic carbocycles. The van der Waals surface area contributed by atoms with E-state index in [-0.39, 0.29) is 0 Å². The molecule has 0 aliphatic carbocycles. The zero-order valence-corrected chi connectivity index (χ0v) is 15.2. The molecule has 1 aliphatic heterocycles. The van der Waals surface area contributed by atoms with Gasteiger partial charge >= 0.3 is 0 Å². The van der Waals surface area contributed by atoms with Crippen LogP contribution in [0.15, 0.2) is 29.9 Å². The van der Waals surface area contributed by atoms with Gasteiger partial charge in [0.25, 0.3) is 0 Å². The number of benzene rings is 1. The molecule has 4 nitrogen and oxygen atoms in total. The lowest BCUT2D eigenvalue weighted by Crippen LogP contribution is -2.47. The van der Waals surface area contributed by atoms with Crippen LogP contribution in [0.3, 0.4) is 0 Å². The highest BCUT2D eigenvalue weighted by atomic mass is 32.1.